The molecule has 0 atom stereocenters. The highest BCUT2D eigenvalue weighted by Crippen LogP contribution is 2.52. The molecule has 0 saturated carbocycles. The summed E-state index contributed by atoms with van der Waals surface area (Å²) in [5, 5.41) is 0. The Labute approximate surface area is 489 Å². The third-order valence-electron chi connectivity index (χ3n) is 18.4. The molecule has 13 rings (SSSR count). The molecule has 0 aromatic heterocycles. The van der Waals surface area contributed by atoms with Crippen LogP contribution in [0.25, 0.3) is 0 Å². The van der Waals surface area contributed by atoms with Crippen molar-refractivity contribution >= 4 is 79.6 Å². The fourth-order valence-electron chi connectivity index (χ4n) is 12.5. The Morgan fingerprint density at radius 1 is 0.293 bits per heavy atom. The van der Waals surface area contributed by atoms with Gasteiger partial charge in [-0.2, -0.15) is 0 Å². The summed E-state index contributed by atoms with van der Waals surface area (Å²) in [5.41, 5.74) is 29.2. The van der Waals surface area contributed by atoms with E-state index in [0.717, 1.165) is 103 Å². The van der Waals surface area contributed by atoms with Crippen molar-refractivity contribution in [2.75, 3.05) is 79.9 Å². The van der Waals surface area contributed by atoms with Crippen LogP contribution >= 0.6 is 0 Å². The third kappa shape index (κ3) is 8.69. The molecule has 414 valence electrons. The van der Waals surface area contributed by atoms with E-state index in [9.17, 15) is 0 Å². The Kier molecular flexibility index (Phi) is 11.9. The lowest BCUT2D eigenvalue weighted by atomic mass is 10.00. The molecule has 0 amide bonds. The van der Waals surface area contributed by atoms with E-state index >= 15 is 0 Å². The number of para-hydroxylation sites is 2. The molecule has 9 aromatic rings. The number of nitrogens with zero attached hydrogens (tertiary/aromatic N) is 8. The van der Waals surface area contributed by atoms with E-state index in [1.165, 1.54) is 66.6 Å². The third-order valence-corrected chi connectivity index (χ3v) is 18.4. The average Bonchev–Trinajstić information content (AvgIpc) is 3.05. The van der Waals surface area contributed by atoms with Gasteiger partial charge < -0.3 is 48.7 Å². The lowest BCUT2D eigenvalue weighted by Gasteiger charge is -2.27. The number of aryl methyl sites for hydroxylation is 6. The van der Waals surface area contributed by atoms with Gasteiger partial charge >= 0.3 is 0 Å². The molecule has 10 nitrogen and oxygen atoms in total. The summed E-state index contributed by atoms with van der Waals surface area (Å²) in [4.78, 5) is 18.0. The van der Waals surface area contributed by atoms with Gasteiger partial charge in [-0.1, -0.05) is 24.3 Å². The fraction of sp³-hybridized carbons (Fsp3) is 0.250. The van der Waals surface area contributed by atoms with Crippen LogP contribution in [0.4, 0.5) is 79.6 Å². The van der Waals surface area contributed by atoms with E-state index < -0.39 is 6.98 Å². The van der Waals surface area contributed by atoms with Crippen molar-refractivity contribution in [1.29, 1.82) is 0 Å². The molecule has 10 heteroatoms. The minimum absolute atomic E-state index is 0.207. The maximum Gasteiger partial charge on any atom is 0.132 e. The number of rotatable bonds is 10. The SMILES string of the molecule is [2H]C([2H])([2H])N1CN(c2cccc(Oc3cc(N4CN(c5ccc(N6CN(c7cc(Oc8cccc(N9CN(C)c%10cc(C)c(C)cc%109)c8)c(C)c(C)c7C)c7cc(C)c(C)cc76)cc5)c5ccccc54)c(C)c(C)c3C)c2)c2cc(C)c(C)cc21. The highest BCUT2D eigenvalue weighted by atomic mass is 16.5. The van der Waals surface area contributed by atoms with Crippen LogP contribution in [0.2, 0.25) is 0 Å². The zero-order valence-electron chi connectivity index (χ0n) is 52.6. The molecule has 4 aliphatic rings. The average molecular weight is 1090 g/mol. The Morgan fingerprint density at radius 2 is 0.646 bits per heavy atom. The second-order valence-corrected chi connectivity index (χ2v) is 23.3. The molecular weight excluding hydrogens is 1010 g/mol. The van der Waals surface area contributed by atoms with Crippen LogP contribution in [0.3, 0.4) is 0 Å². The number of hydrogen-bond donors (Lipinski definition) is 0. The summed E-state index contributed by atoms with van der Waals surface area (Å²) in [6.45, 7) is 25.9. The minimum Gasteiger partial charge on any atom is -0.457 e. The van der Waals surface area contributed by atoms with Crippen LogP contribution in [0.5, 0.6) is 23.0 Å². The molecule has 0 radical (unpaired) electrons. The topological polar surface area (TPSA) is 44.4 Å². The summed E-state index contributed by atoms with van der Waals surface area (Å²) < 4.78 is 38.9. The minimum atomic E-state index is -2.29. The summed E-state index contributed by atoms with van der Waals surface area (Å²) in [6, 6.07) is 52.0. The van der Waals surface area contributed by atoms with Gasteiger partial charge in [0, 0.05) is 76.5 Å². The van der Waals surface area contributed by atoms with E-state index in [-0.39, 0.29) is 6.67 Å². The molecule has 9 aromatic carbocycles. The van der Waals surface area contributed by atoms with Crippen LogP contribution in [-0.2, 0) is 0 Å². The molecule has 0 unspecified atom stereocenters. The van der Waals surface area contributed by atoms with Crippen molar-refractivity contribution in [3.63, 3.8) is 0 Å². The first kappa shape index (κ1) is 48.8. The van der Waals surface area contributed by atoms with Gasteiger partial charge in [0.15, 0.2) is 0 Å². The molecule has 0 bridgehead atoms. The van der Waals surface area contributed by atoms with Crippen molar-refractivity contribution in [2.45, 2.75) is 83.1 Å². The van der Waals surface area contributed by atoms with E-state index in [2.05, 4.69) is 233 Å². The van der Waals surface area contributed by atoms with Gasteiger partial charge in [-0.3, -0.25) is 0 Å². The Hall–Kier alpha value is -9.02. The van der Waals surface area contributed by atoms with Crippen LogP contribution in [0.15, 0.2) is 146 Å². The number of hydrogen-bond acceptors (Lipinski definition) is 10. The Bertz CT molecular complexity index is 4200. The molecular formula is C72H74N8O2. The van der Waals surface area contributed by atoms with Crippen molar-refractivity contribution in [1.82, 2.24) is 0 Å². The number of ether oxygens (including phenoxy) is 2. The molecule has 4 aliphatic heterocycles. The quantitative estimate of drug-likeness (QED) is 0.132. The molecule has 4 heterocycles. The molecule has 0 aliphatic carbocycles. The van der Waals surface area contributed by atoms with Gasteiger partial charge in [0.05, 0.1) is 58.8 Å². The predicted molar refractivity (Wildman–Crippen MR) is 344 cm³/mol. The zero-order valence-corrected chi connectivity index (χ0v) is 49.6. The van der Waals surface area contributed by atoms with Gasteiger partial charge in [-0.05, 0) is 247 Å². The highest BCUT2D eigenvalue weighted by molar-refractivity contribution is 5.92. The maximum atomic E-state index is 8.37. The van der Waals surface area contributed by atoms with Crippen LogP contribution in [-0.4, -0.2) is 40.7 Å². The second-order valence-electron chi connectivity index (χ2n) is 23.3. The van der Waals surface area contributed by atoms with E-state index in [1.807, 2.05) is 37.3 Å². The number of fused-ring (bicyclic) bond motifs is 4. The maximum absolute atomic E-state index is 8.37. The van der Waals surface area contributed by atoms with Crippen molar-refractivity contribution < 1.29 is 13.6 Å². The largest absolute Gasteiger partial charge is 0.457 e. The van der Waals surface area contributed by atoms with Gasteiger partial charge in [0.25, 0.3) is 0 Å². The summed E-state index contributed by atoms with van der Waals surface area (Å²) in [5.74, 6) is 3.10. The molecule has 0 fully saturated rings. The molecule has 0 spiro atoms. The van der Waals surface area contributed by atoms with E-state index in [4.69, 9.17) is 13.6 Å². The van der Waals surface area contributed by atoms with Crippen molar-refractivity contribution in [2.24, 2.45) is 0 Å². The monoisotopic (exact) mass is 1090 g/mol. The van der Waals surface area contributed by atoms with Gasteiger partial charge in [-0.25, -0.2) is 0 Å². The molecule has 0 N–H and O–H groups in total. The Morgan fingerprint density at radius 3 is 1.10 bits per heavy atom. The smallest absolute Gasteiger partial charge is 0.132 e. The second kappa shape index (κ2) is 19.9. The first-order valence-corrected chi connectivity index (χ1v) is 28.6. The van der Waals surface area contributed by atoms with Crippen molar-refractivity contribution in [3.05, 3.63) is 212 Å². The summed E-state index contributed by atoms with van der Waals surface area (Å²) in [7, 11) is 2.16. The normalized spacial score (nSPS) is 15.0. The fourth-order valence-corrected chi connectivity index (χ4v) is 12.5. The molecule has 82 heavy (non-hydrogen) atoms. The lowest BCUT2D eigenvalue weighted by molar-refractivity contribution is 0.478. The zero-order chi connectivity index (χ0) is 59.7. The summed E-state index contributed by atoms with van der Waals surface area (Å²) in [6.07, 6.45) is 0. The summed E-state index contributed by atoms with van der Waals surface area (Å²) >= 11 is 0. The predicted octanol–water partition coefficient (Wildman–Crippen LogP) is 18.6. The van der Waals surface area contributed by atoms with E-state index in [0.29, 0.717) is 24.8 Å². The van der Waals surface area contributed by atoms with Gasteiger partial charge in [0.2, 0.25) is 0 Å². The first-order chi connectivity index (χ1) is 40.6. The van der Waals surface area contributed by atoms with E-state index in [1.54, 1.807) is 0 Å². The van der Waals surface area contributed by atoms with Crippen LogP contribution in [0, 0.1) is 83.1 Å². The van der Waals surface area contributed by atoms with Gasteiger partial charge in [-0.15, -0.1) is 0 Å². The van der Waals surface area contributed by atoms with Crippen LogP contribution < -0.4 is 48.7 Å². The number of benzene rings is 9. The Balaban J connectivity index is 0.770. The standard InChI is InChI=1S/C72H74N8O2/c1-43-29-65-67(31-45(43)3)75(39-73(65)13)57-19-17-21-59(35-57)81-71-37-63(51(9)49(7)53(71)11)79-41-77(61-23-15-16-24-62(61)79)55-25-27-56(28-26-55)78-42-80(70-34-48(6)47(5)33-69(70)78)64-38-72(54(12)50(8)52(64)10)82-60-22-18-20-58(36-60)76-40-74(14)66-30-44(2)46(4)32-68(66)76/h15-38H,39-42H2,1-14H3/i13D3. The lowest BCUT2D eigenvalue weighted by Crippen LogP contribution is -2.26. The first-order valence-electron chi connectivity index (χ1n) is 30.1. The number of anilines is 14. The molecule has 0 saturated heterocycles. The van der Waals surface area contributed by atoms with Gasteiger partial charge in [0.1, 0.15) is 36.3 Å². The highest BCUT2D eigenvalue weighted by Gasteiger charge is 2.34. The van der Waals surface area contributed by atoms with Crippen LogP contribution in [0.1, 0.15) is 70.9 Å². The van der Waals surface area contributed by atoms with Crippen molar-refractivity contribution in [3.8, 4) is 23.0 Å².